The molecule has 1 aliphatic heterocycles. The maximum atomic E-state index is 2.57. The minimum atomic E-state index is -0.804. The Hall–Kier alpha value is -10.2. The minimum Gasteiger partial charge on any atom is -0.310 e. The van der Waals surface area contributed by atoms with E-state index < -0.39 is 5.41 Å². The van der Waals surface area contributed by atoms with Gasteiger partial charge in [0.15, 0.2) is 0 Å². The molecular weight excluding hydrogens is 943 g/mol. The lowest BCUT2D eigenvalue weighted by Gasteiger charge is -2.45. The fraction of sp³-hybridized carbons (Fsp3) is 0.0133. The molecule has 3 heteroatoms. The number of para-hydroxylation sites is 5. The highest BCUT2D eigenvalue weighted by Gasteiger charge is 2.53. The standard InChI is InChI=1S/C75H51N3/c1-6-24-52(25-7-1)55-29-22-37-60(48-55)76(57-31-10-3-11-32-57)62-45-47-64-68(50-62)75(66-40-18-20-42-70(66)78(59-35-14-5-15-36-59)71-43-21-19-41-67(71)75)69-51-72(65-46-44-54-28-16-17-39-63(54)73(65)74(64)69)77(58-33-12-4-13-34-58)61-38-23-30-56(49-61)53-26-8-2-9-27-53/h1-51H. The Morgan fingerprint density at radius 3 is 1.37 bits per heavy atom. The van der Waals surface area contributed by atoms with Crippen molar-refractivity contribution in [1.82, 2.24) is 0 Å². The van der Waals surface area contributed by atoms with Crippen molar-refractivity contribution in [1.29, 1.82) is 0 Å². The van der Waals surface area contributed by atoms with Gasteiger partial charge in [0.2, 0.25) is 0 Å². The topological polar surface area (TPSA) is 9.72 Å². The molecule has 0 fully saturated rings. The average Bonchev–Trinajstić information content (AvgIpc) is 2.30. The van der Waals surface area contributed by atoms with E-state index in [4.69, 9.17) is 0 Å². The predicted octanol–water partition coefficient (Wildman–Crippen LogP) is 20.4. The molecule has 0 atom stereocenters. The van der Waals surface area contributed by atoms with Crippen molar-refractivity contribution < 1.29 is 0 Å². The number of hydrogen-bond acceptors (Lipinski definition) is 3. The van der Waals surface area contributed by atoms with Gasteiger partial charge in [-0.1, -0.05) is 218 Å². The van der Waals surface area contributed by atoms with Gasteiger partial charge in [0.05, 0.1) is 22.5 Å². The van der Waals surface area contributed by atoms with Gasteiger partial charge < -0.3 is 14.7 Å². The van der Waals surface area contributed by atoms with Gasteiger partial charge in [-0.2, -0.15) is 0 Å². The van der Waals surface area contributed by atoms with Crippen molar-refractivity contribution in [3.05, 3.63) is 332 Å². The van der Waals surface area contributed by atoms with E-state index in [9.17, 15) is 0 Å². The predicted molar refractivity (Wildman–Crippen MR) is 327 cm³/mol. The lowest BCUT2D eigenvalue weighted by atomic mass is 9.64. The molecular formula is C75H51N3. The molecule has 1 heterocycles. The van der Waals surface area contributed by atoms with Gasteiger partial charge in [-0.15, -0.1) is 0 Å². The summed E-state index contributed by atoms with van der Waals surface area (Å²) in [7, 11) is 0. The highest BCUT2D eigenvalue weighted by atomic mass is 15.2. The van der Waals surface area contributed by atoms with E-state index in [0.29, 0.717) is 0 Å². The van der Waals surface area contributed by atoms with Crippen LogP contribution < -0.4 is 14.7 Å². The molecule has 0 unspecified atom stereocenters. The molecule has 1 aliphatic carbocycles. The summed E-state index contributed by atoms with van der Waals surface area (Å²) in [5, 5.41) is 4.84. The molecule has 3 nitrogen and oxygen atoms in total. The lowest BCUT2D eigenvalue weighted by molar-refractivity contribution is 0.753. The third-order valence-corrected chi connectivity index (χ3v) is 16.1. The van der Waals surface area contributed by atoms with E-state index in [0.717, 1.165) is 56.7 Å². The van der Waals surface area contributed by atoms with Gasteiger partial charge in [-0.05, 0) is 163 Å². The molecule has 15 rings (SSSR count). The molecule has 13 aromatic rings. The zero-order chi connectivity index (χ0) is 51.6. The summed E-state index contributed by atoms with van der Waals surface area (Å²) in [6.07, 6.45) is 0. The number of hydrogen-bond donors (Lipinski definition) is 0. The summed E-state index contributed by atoms with van der Waals surface area (Å²) in [6.45, 7) is 0. The Bertz CT molecular complexity index is 4340. The Balaban J connectivity index is 1.08. The molecule has 0 N–H and O–H groups in total. The Morgan fingerprint density at radius 2 is 0.756 bits per heavy atom. The van der Waals surface area contributed by atoms with Crippen molar-refractivity contribution in [3.8, 4) is 33.4 Å². The van der Waals surface area contributed by atoms with Crippen LogP contribution in [-0.4, -0.2) is 0 Å². The maximum Gasteiger partial charge on any atom is 0.0756 e. The van der Waals surface area contributed by atoms with E-state index in [-0.39, 0.29) is 0 Å². The van der Waals surface area contributed by atoms with Crippen molar-refractivity contribution in [2.45, 2.75) is 5.41 Å². The number of benzene rings is 13. The van der Waals surface area contributed by atoms with Crippen LogP contribution in [0, 0.1) is 0 Å². The van der Waals surface area contributed by atoms with Crippen LogP contribution in [0.25, 0.3) is 54.9 Å². The van der Waals surface area contributed by atoms with E-state index in [1.165, 1.54) is 71.6 Å². The van der Waals surface area contributed by atoms with Crippen LogP contribution in [0.3, 0.4) is 0 Å². The molecule has 0 radical (unpaired) electrons. The van der Waals surface area contributed by atoms with Crippen molar-refractivity contribution in [2.24, 2.45) is 0 Å². The summed E-state index contributed by atoms with van der Waals surface area (Å²) in [5.41, 5.74) is 21.3. The molecule has 2 aliphatic rings. The fourth-order valence-corrected chi connectivity index (χ4v) is 12.9. The van der Waals surface area contributed by atoms with Gasteiger partial charge in [0.1, 0.15) is 0 Å². The average molecular weight is 994 g/mol. The first kappa shape index (κ1) is 45.2. The zero-order valence-electron chi connectivity index (χ0n) is 42.8. The van der Waals surface area contributed by atoms with Gasteiger partial charge in [0, 0.05) is 39.5 Å². The highest BCUT2D eigenvalue weighted by Crippen LogP contribution is 2.66. The lowest BCUT2D eigenvalue weighted by Crippen LogP contribution is -2.36. The van der Waals surface area contributed by atoms with Crippen molar-refractivity contribution in [3.63, 3.8) is 0 Å². The number of nitrogens with zero attached hydrogens (tertiary/aromatic N) is 3. The van der Waals surface area contributed by atoms with E-state index in [1.807, 2.05) is 0 Å². The largest absolute Gasteiger partial charge is 0.310 e. The van der Waals surface area contributed by atoms with Gasteiger partial charge in [-0.3, -0.25) is 0 Å². The molecule has 0 amide bonds. The van der Waals surface area contributed by atoms with E-state index in [2.05, 4.69) is 324 Å². The van der Waals surface area contributed by atoms with Crippen LogP contribution in [0.15, 0.2) is 309 Å². The van der Waals surface area contributed by atoms with Crippen LogP contribution in [0.4, 0.5) is 51.2 Å². The second-order valence-corrected chi connectivity index (χ2v) is 20.4. The normalized spacial score (nSPS) is 12.7. The van der Waals surface area contributed by atoms with Crippen molar-refractivity contribution >= 4 is 72.7 Å². The van der Waals surface area contributed by atoms with Gasteiger partial charge >= 0.3 is 0 Å². The Morgan fingerprint density at radius 1 is 0.282 bits per heavy atom. The first-order chi connectivity index (χ1) is 38.7. The summed E-state index contributed by atoms with van der Waals surface area (Å²) in [5.74, 6) is 0. The van der Waals surface area contributed by atoms with Crippen LogP contribution in [-0.2, 0) is 5.41 Å². The van der Waals surface area contributed by atoms with Crippen LogP contribution in [0.2, 0.25) is 0 Å². The summed E-state index contributed by atoms with van der Waals surface area (Å²) >= 11 is 0. The first-order valence-electron chi connectivity index (χ1n) is 26.9. The Labute approximate surface area is 455 Å². The van der Waals surface area contributed by atoms with Crippen LogP contribution in [0.5, 0.6) is 0 Å². The van der Waals surface area contributed by atoms with E-state index >= 15 is 0 Å². The second kappa shape index (κ2) is 18.6. The Kier molecular flexibility index (Phi) is 10.8. The maximum absolute atomic E-state index is 2.57. The van der Waals surface area contributed by atoms with Crippen LogP contribution >= 0.6 is 0 Å². The van der Waals surface area contributed by atoms with Crippen LogP contribution in [0.1, 0.15) is 22.3 Å². The quantitative estimate of drug-likeness (QED) is 0.133. The smallest absolute Gasteiger partial charge is 0.0756 e. The third-order valence-electron chi connectivity index (χ3n) is 16.1. The molecule has 366 valence electrons. The number of anilines is 9. The third kappa shape index (κ3) is 7.13. The molecule has 1 spiro atoms. The fourth-order valence-electron chi connectivity index (χ4n) is 12.9. The molecule has 13 aromatic carbocycles. The van der Waals surface area contributed by atoms with Gasteiger partial charge in [0.25, 0.3) is 0 Å². The van der Waals surface area contributed by atoms with Crippen molar-refractivity contribution in [2.75, 3.05) is 14.7 Å². The minimum absolute atomic E-state index is 0.804. The zero-order valence-corrected chi connectivity index (χ0v) is 42.8. The number of rotatable bonds is 9. The summed E-state index contributed by atoms with van der Waals surface area (Å²) < 4.78 is 0. The van der Waals surface area contributed by atoms with E-state index in [1.54, 1.807) is 0 Å². The molecule has 0 aromatic heterocycles. The molecule has 0 saturated heterocycles. The second-order valence-electron chi connectivity index (χ2n) is 20.4. The summed E-state index contributed by atoms with van der Waals surface area (Å²) in [6, 6.07) is 114. The monoisotopic (exact) mass is 993 g/mol. The number of fused-ring (bicyclic) bond motifs is 13. The molecule has 0 bridgehead atoms. The highest BCUT2D eigenvalue weighted by molar-refractivity contribution is 6.22. The van der Waals surface area contributed by atoms with Gasteiger partial charge in [-0.25, -0.2) is 0 Å². The first-order valence-corrected chi connectivity index (χ1v) is 26.9. The SMILES string of the molecule is c1ccc(-c2cccc(N(c3ccccc3)c3ccc4c(c3)C3(c5ccccc5N(c5ccccc5)c5ccccc53)c3cc(N(c5ccccc5)c5cccc(-c6ccccc6)c5)c5ccc6ccccc6c5c3-4)c2)cc1. The molecule has 78 heavy (non-hydrogen) atoms. The summed E-state index contributed by atoms with van der Waals surface area (Å²) in [4.78, 5) is 7.42. The molecule has 0 saturated carbocycles.